The van der Waals surface area contributed by atoms with Gasteiger partial charge in [-0.05, 0) is 84.1 Å². The van der Waals surface area contributed by atoms with E-state index < -0.39 is 5.60 Å². The van der Waals surface area contributed by atoms with Gasteiger partial charge >= 0.3 is 0 Å². The molecule has 3 aliphatic rings. The van der Waals surface area contributed by atoms with E-state index in [9.17, 15) is 5.26 Å². The van der Waals surface area contributed by atoms with Gasteiger partial charge < -0.3 is 9.64 Å². The molecule has 0 bridgehead atoms. The monoisotopic (exact) mass is 427 g/mol. The summed E-state index contributed by atoms with van der Waals surface area (Å²) in [6.45, 7) is 23.0. The predicted octanol–water partition coefficient (Wildman–Crippen LogP) is 6.65. The second kappa shape index (κ2) is 7.56. The minimum atomic E-state index is -0.455. The van der Waals surface area contributed by atoms with Crippen molar-refractivity contribution >= 4 is 11.8 Å². The van der Waals surface area contributed by atoms with E-state index in [1.54, 1.807) is 0 Å². The minimum Gasteiger partial charge on any atom is -0.488 e. The molecule has 0 saturated heterocycles. The van der Waals surface area contributed by atoms with Crippen LogP contribution in [-0.4, -0.2) is 18.7 Å². The first-order valence-corrected chi connectivity index (χ1v) is 11.5. The van der Waals surface area contributed by atoms with Crippen LogP contribution in [0.4, 0.5) is 5.69 Å². The lowest BCUT2D eigenvalue weighted by atomic mass is 9.69. The second-order valence-electron chi connectivity index (χ2n) is 11.2. The van der Waals surface area contributed by atoms with E-state index in [1.165, 1.54) is 22.4 Å². The van der Waals surface area contributed by atoms with Crippen molar-refractivity contribution in [3.05, 3.63) is 69.4 Å². The summed E-state index contributed by atoms with van der Waals surface area (Å²) in [6.07, 6.45) is 8.82. The molecule has 4 rings (SSSR count). The molecule has 4 nitrogen and oxygen atoms in total. The Kier molecular flexibility index (Phi) is 5.25. The number of rotatable bonds is 2. The Morgan fingerprint density at radius 3 is 2.19 bits per heavy atom. The summed E-state index contributed by atoms with van der Waals surface area (Å²) in [6, 6.07) is 6.71. The molecule has 0 saturated carbocycles. The van der Waals surface area contributed by atoms with Gasteiger partial charge in [0.2, 0.25) is 0 Å². The van der Waals surface area contributed by atoms with Crippen LogP contribution in [0.25, 0.3) is 10.9 Å². The van der Waals surface area contributed by atoms with Gasteiger partial charge in [-0.1, -0.05) is 33.8 Å². The maximum atomic E-state index is 9.32. The molecule has 3 heterocycles. The number of benzene rings is 1. The fourth-order valence-electron chi connectivity index (χ4n) is 5.21. The zero-order valence-electron chi connectivity index (χ0n) is 20.2. The van der Waals surface area contributed by atoms with Crippen molar-refractivity contribution in [2.45, 2.75) is 77.2 Å². The molecule has 166 valence electrons. The molecule has 0 atom stereocenters. The summed E-state index contributed by atoms with van der Waals surface area (Å²) in [4.78, 5) is 5.98. The minimum absolute atomic E-state index is 0.147. The highest BCUT2D eigenvalue weighted by atomic mass is 16.5. The Morgan fingerprint density at radius 2 is 1.66 bits per heavy atom. The van der Waals surface area contributed by atoms with Gasteiger partial charge in [-0.3, -0.25) is 0 Å². The molecule has 0 unspecified atom stereocenters. The molecule has 3 aliphatic heterocycles. The van der Waals surface area contributed by atoms with Crippen molar-refractivity contribution in [1.82, 2.24) is 0 Å². The Labute approximate surface area is 192 Å². The molecule has 1 aromatic rings. The Bertz CT molecular complexity index is 1080. The van der Waals surface area contributed by atoms with Gasteiger partial charge in [0.15, 0.2) is 0 Å². The molecule has 0 aliphatic carbocycles. The van der Waals surface area contributed by atoms with E-state index in [2.05, 4.69) is 55.6 Å². The molecular weight excluding hydrogens is 394 g/mol. The molecule has 4 heteroatoms. The van der Waals surface area contributed by atoms with Crippen LogP contribution in [0.5, 0.6) is 0 Å². The molecule has 32 heavy (non-hydrogen) atoms. The lowest BCUT2D eigenvalue weighted by Crippen LogP contribution is -2.44. The van der Waals surface area contributed by atoms with Crippen molar-refractivity contribution in [3.8, 4) is 6.07 Å². The van der Waals surface area contributed by atoms with E-state index in [0.717, 1.165) is 31.5 Å². The van der Waals surface area contributed by atoms with E-state index in [0.29, 0.717) is 12.2 Å². The molecule has 0 N–H and O–H groups in total. The maximum absolute atomic E-state index is 9.32. The smallest absolute Gasteiger partial charge is 0.265 e. The number of nitriles is 1. The first kappa shape index (κ1) is 22.2. The average Bonchev–Trinajstić information content (AvgIpc) is 2.71. The van der Waals surface area contributed by atoms with Crippen LogP contribution in [0.2, 0.25) is 0 Å². The summed E-state index contributed by atoms with van der Waals surface area (Å²) in [5, 5.41) is 9.32. The number of anilines is 1. The van der Waals surface area contributed by atoms with Gasteiger partial charge in [0.25, 0.3) is 5.70 Å². The van der Waals surface area contributed by atoms with Crippen LogP contribution >= 0.6 is 0 Å². The Hall–Kier alpha value is -2.98. The van der Waals surface area contributed by atoms with Crippen LogP contribution in [0, 0.1) is 17.9 Å². The van der Waals surface area contributed by atoms with Crippen LogP contribution in [0.3, 0.4) is 0 Å². The van der Waals surface area contributed by atoms with Gasteiger partial charge in [0.05, 0.1) is 12.6 Å². The Morgan fingerprint density at radius 1 is 1.06 bits per heavy atom. The molecule has 0 radical (unpaired) electrons. The molecule has 0 spiro atoms. The second-order valence-corrected chi connectivity index (χ2v) is 11.2. The SMILES string of the molecule is [C-]#[N+]/C(C#N)=C1C=C(/C=C/c2cc3c4c(c2)C(C)(C)CCN4CCC3(C)C)OC(C)(C)C\1. The number of hydrogen-bond donors (Lipinski definition) is 0. The van der Waals surface area contributed by atoms with E-state index >= 15 is 0 Å². The lowest BCUT2D eigenvalue weighted by Gasteiger charge is -2.48. The zero-order chi connectivity index (χ0) is 23.3. The fraction of sp³-hybridized carbons (Fsp3) is 0.500. The van der Waals surface area contributed by atoms with Gasteiger partial charge in [-0.25, -0.2) is 10.1 Å². The van der Waals surface area contributed by atoms with Gasteiger partial charge in [0.1, 0.15) is 11.4 Å². The molecular formula is C28H33N3O. The zero-order valence-corrected chi connectivity index (χ0v) is 20.2. The van der Waals surface area contributed by atoms with E-state index in [4.69, 9.17) is 11.3 Å². The highest BCUT2D eigenvalue weighted by Gasteiger charge is 2.39. The summed E-state index contributed by atoms with van der Waals surface area (Å²) in [5.41, 5.74) is 6.23. The molecule has 0 aromatic heterocycles. The number of allylic oxidation sites excluding steroid dienone is 3. The number of ether oxygens (including phenoxy) is 1. The van der Waals surface area contributed by atoms with Crippen LogP contribution in [-0.2, 0) is 15.6 Å². The third kappa shape index (κ3) is 3.95. The molecule has 0 amide bonds. The van der Waals surface area contributed by atoms with Crippen LogP contribution < -0.4 is 4.90 Å². The Balaban J connectivity index is 1.79. The summed E-state index contributed by atoms with van der Waals surface area (Å²) < 4.78 is 6.16. The summed E-state index contributed by atoms with van der Waals surface area (Å²) in [7, 11) is 0. The van der Waals surface area contributed by atoms with Crippen molar-refractivity contribution in [1.29, 1.82) is 5.26 Å². The molecule has 1 aromatic carbocycles. The first-order valence-electron chi connectivity index (χ1n) is 11.5. The van der Waals surface area contributed by atoms with Crippen molar-refractivity contribution in [2.75, 3.05) is 18.0 Å². The standard InChI is InChI=1S/C28H33N3O/c1-26(2)10-12-31-13-11-27(3,4)23-15-19(14-22(26)25(23)31)8-9-21-16-20(24(18-29)30-7)17-28(5,6)32-21/h8-9,14-16H,10-13,17H2,1-6H3/b9-8+,24-20+. The third-order valence-electron chi connectivity index (χ3n) is 7.21. The summed E-state index contributed by atoms with van der Waals surface area (Å²) in [5.74, 6) is 0.694. The first-order chi connectivity index (χ1) is 15.0. The normalized spacial score (nSPS) is 24.0. The average molecular weight is 428 g/mol. The van der Waals surface area contributed by atoms with E-state index in [-0.39, 0.29) is 16.5 Å². The van der Waals surface area contributed by atoms with Crippen molar-refractivity contribution < 1.29 is 4.74 Å². The van der Waals surface area contributed by atoms with E-state index in [1.807, 2.05) is 32.1 Å². The lowest BCUT2D eigenvalue weighted by molar-refractivity contribution is 0.0356. The number of hydrogen-bond acceptors (Lipinski definition) is 3. The van der Waals surface area contributed by atoms with Crippen molar-refractivity contribution in [3.63, 3.8) is 0 Å². The fourth-order valence-corrected chi connectivity index (χ4v) is 5.21. The van der Waals surface area contributed by atoms with Crippen LogP contribution in [0.1, 0.15) is 77.5 Å². The third-order valence-corrected chi connectivity index (χ3v) is 7.21. The van der Waals surface area contributed by atoms with Crippen LogP contribution in [0.15, 0.2) is 41.3 Å². The van der Waals surface area contributed by atoms with Gasteiger partial charge in [-0.2, -0.15) is 0 Å². The van der Waals surface area contributed by atoms with Crippen molar-refractivity contribution in [2.24, 2.45) is 0 Å². The predicted molar refractivity (Wildman–Crippen MR) is 130 cm³/mol. The summed E-state index contributed by atoms with van der Waals surface area (Å²) >= 11 is 0. The largest absolute Gasteiger partial charge is 0.488 e. The number of nitrogens with zero attached hydrogens (tertiary/aromatic N) is 3. The highest BCUT2D eigenvalue weighted by molar-refractivity contribution is 5.72. The molecule has 0 fully saturated rings. The topological polar surface area (TPSA) is 40.6 Å². The highest BCUT2D eigenvalue weighted by Crippen LogP contribution is 2.49. The van der Waals surface area contributed by atoms with Gasteiger partial charge in [-0.15, -0.1) is 0 Å². The maximum Gasteiger partial charge on any atom is 0.265 e. The van der Waals surface area contributed by atoms with Gasteiger partial charge in [0, 0.05) is 25.2 Å². The quantitative estimate of drug-likeness (QED) is 0.392.